The van der Waals surface area contributed by atoms with Crippen LogP contribution in [0.5, 0.6) is 5.75 Å². The summed E-state index contributed by atoms with van der Waals surface area (Å²) in [5.74, 6) is -2.30. The summed E-state index contributed by atoms with van der Waals surface area (Å²) < 4.78 is 31.9. The minimum Gasteiger partial charge on any atom is -0.486 e. The Hall–Kier alpha value is -3.44. The summed E-state index contributed by atoms with van der Waals surface area (Å²) in [6, 6.07) is 9.68. The second kappa shape index (κ2) is 10.7. The van der Waals surface area contributed by atoms with Crippen molar-refractivity contribution in [2.24, 2.45) is 0 Å². The van der Waals surface area contributed by atoms with Crippen LogP contribution in [0.3, 0.4) is 0 Å². The molecule has 8 nitrogen and oxygen atoms in total. The Morgan fingerprint density at radius 3 is 2.47 bits per heavy atom. The van der Waals surface area contributed by atoms with Crippen molar-refractivity contribution in [3.63, 3.8) is 0 Å². The molecule has 0 spiro atoms. The third kappa shape index (κ3) is 6.53. The lowest BCUT2D eigenvalue weighted by molar-refractivity contribution is 0.0950. The Kier molecular flexibility index (Phi) is 7.79. The molecule has 3 rings (SSSR count). The Bertz CT molecular complexity index is 1090. The minimum atomic E-state index is -1.06. The smallest absolute Gasteiger partial charge is 0.286 e. The molecule has 0 saturated heterocycles. The van der Waals surface area contributed by atoms with Crippen LogP contribution in [0, 0.1) is 11.6 Å². The monoisotopic (exact) mass is 461 g/mol. The van der Waals surface area contributed by atoms with E-state index in [0.29, 0.717) is 22.9 Å². The third-order valence-corrected chi connectivity index (χ3v) is 5.06. The summed E-state index contributed by atoms with van der Waals surface area (Å²) in [7, 11) is 3.86. The molecule has 0 saturated carbocycles. The largest absolute Gasteiger partial charge is 0.486 e. The fourth-order valence-corrected chi connectivity index (χ4v) is 3.15. The number of amides is 2. The molecule has 168 valence electrons. The van der Waals surface area contributed by atoms with Crippen molar-refractivity contribution in [2.45, 2.75) is 6.61 Å². The Morgan fingerprint density at radius 2 is 1.78 bits per heavy atom. The lowest BCUT2D eigenvalue weighted by Gasteiger charge is -2.10. The average Bonchev–Trinajstić information content (AvgIpc) is 3.24. The first-order valence-electron chi connectivity index (χ1n) is 9.56. The molecule has 0 aliphatic carbocycles. The van der Waals surface area contributed by atoms with Crippen LogP contribution in [0.4, 0.5) is 14.5 Å². The van der Waals surface area contributed by atoms with Crippen LogP contribution in [0.25, 0.3) is 0 Å². The molecule has 1 aromatic heterocycles. The van der Waals surface area contributed by atoms with Gasteiger partial charge in [0.05, 0.1) is 0 Å². The summed E-state index contributed by atoms with van der Waals surface area (Å²) >= 11 is 1.01. The van der Waals surface area contributed by atoms with E-state index in [4.69, 9.17) is 4.74 Å². The van der Waals surface area contributed by atoms with Crippen LogP contribution < -0.4 is 15.4 Å². The number of hydrogen-bond donors (Lipinski definition) is 2. The van der Waals surface area contributed by atoms with Gasteiger partial charge < -0.3 is 20.3 Å². The number of rotatable bonds is 9. The molecule has 0 bridgehead atoms. The van der Waals surface area contributed by atoms with Crippen LogP contribution in [0.15, 0.2) is 42.5 Å². The topological polar surface area (TPSA) is 96.5 Å². The summed E-state index contributed by atoms with van der Waals surface area (Å²) in [6.45, 7) is 1.37. The average molecular weight is 461 g/mol. The summed E-state index contributed by atoms with van der Waals surface area (Å²) in [4.78, 5) is 26.3. The molecule has 32 heavy (non-hydrogen) atoms. The predicted octanol–water partition coefficient (Wildman–Crippen LogP) is 2.94. The number of carbonyl (C=O) groups is 2. The molecule has 1 heterocycles. The van der Waals surface area contributed by atoms with E-state index in [2.05, 4.69) is 20.8 Å². The number of carbonyl (C=O) groups excluding carboxylic acids is 2. The molecule has 0 unspecified atom stereocenters. The molecule has 2 N–H and O–H groups in total. The van der Waals surface area contributed by atoms with E-state index in [1.54, 1.807) is 24.3 Å². The molecular formula is C21H21F2N5O3S. The zero-order valence-corrected chi connectivity index (χ0v) is 18.2. The van der Waals surface area contributed by atoms with Gasteiger partial charge in [-0.3, -0.25) is 9.59 Å². The molecule has 0 aliphatic rings. The van der Waals surface area contributed by atoms with E-state index < -0.39 is 17.5 Å². The van der Waals surface area contributed by atoms with Crippen molar-refractivity contribution in [1.82, 2.24) is 20.4 Å². The molecule has 0 radical (unpaired) electrons. The normalized spacial score (nSPS) is 10.8. The highest BCUT2D eigenvalue weighted by atomic mass is 32.1. The molecule has 11 heteroatoms. The number of nitrogens with zero attached hydrogens (tertiary/aromatic N) is 3. The van der Waals surface area contributed by atoms with Gasteiger partial charge in [0.25, 0.3) is 11.8 Å². The maximum atomic E-state index is 13.3. The molecule has 2 amide bonds. The lowest BCUT2D eigenvalue weighted by atomic mass is 10.2. The van der Waals surface area contributed by atoms with Gasteiger partial charge in [-0.15, -0.1) is 10.2 Å². The SMILES string of the molecule is CN(C)CCNC(=O)c1ccc(OCc2nnc(C(=O)Nc3ccc(F)c(F)c3)s2)cc1. The highest BCUT2D eigenvalue weighted by molar-refractivity contribution is 7.13. The van der Waals surface area contributed by atoms with E-state index in [0.717, 1.165) is 30.0 Å². The first kappa shape index (κ1) is 23.2. The number of likely N-dealkylation sites (N-methyl/N-ethyl adjacent to an activating group) is 1. The number of halogens is 2. The third-order valence-electron chi connectivity index (χ3n) is 4.16. The molecule has 2 aromatic carbocycles. The number of aromatic nitrogens is 2. The zero-order valence-electron chi connectivity index (χ0n) is 17.4. The summed E-state index contributed by atoms with van der Waals surface area (Å²) in [6.07, 6.45) is 0. The van der Waals surface area contributed by atoms with Crippen molar-refractivity contribution < 1.29 is 23.1 Å². The van der Waals surface area contributed by atoms with E-state index in [9.17, 15) is 18.4 Å². The summed E-state index contributed by atoms with van der Waals surface area (Å²) in [5, 5.41) is 13.5. The zero-order chi connectivity index (χ0) is 23.1. The second-order valence-corrected chi connectivity index (χ2v) is 8.02. The molecule has 0 fully saturated rings. The first-order chi connectivity index (χ1) is 15.3. The molecule has 0 atom stereocenters. The molecule has 3 aromatic rings. The van der Waals surface area contributed by atoms with E-state index in [-0.39, 0.29) is 23.2 Å². The van der Waals surface area contributed by atoms with Crippen LogP contribution in [-0.2, 0) is 6.61 Å². The first-order valence-corrected chi connectivity index (χ1v) is 10.4. The second-order valence-electron chi connectivity index (χ2n) is 6.96. The fourth-order valence-electron chi connectivity index (χ4n) is 2.50. The Balaban J connectivity index is 1.50. The molecule has 0 aliphatic heterocycles. The van der Waals surface area contributed by atoms with Crippen LogP contribution in [-0.4, -0.2) is 54.1 Å². The van der Waals surface area contributed by atoms with E-state index in [1.807, 2.05) is 19.0 Å². The van der Waals surface area contributed by atoms with Gasteiger partial charge in [0.15, 0.2) is 16.6 Å². The van der Waals surface area contributed by atoms with E-state index in [1.165, 1.54) is 6.07 Å². The lowest BCUT2D eigenvalue weighted by Crippen LogP contribution is -2.31. The van der Waals surface area contributed by atoms with Gasteiger partial charge in [-0.05, 0) is 50.5 Å². The molecular weight excluding hydrogens is 440 g/mol. The Labute approximate surface area is 187 Å². The van der Waals surface area contributed by atoms with Gasteiger partial charge in [0.2, 0.25) is 5.01 Å². The van der Waals surface area contributed by atoms with Crippen LogP contribution in [0.2, 0.25) is 0 Å². The van der Waals surface area contributed by atoms with Crippen molar-refractivity contribution in [1.29, 1.82) is 0 Å². The number of nitrogens with one attached hydrogen (secondary N) is 2. The van der Waals surface area contributed by atoms with E-state index >= 15 is 0 Å². The van der Waals surface area contributed by atoms with Gasteiger partial charge in [0, 0.05) is 30.4 Å². The van der Waals surface area contributed by atoms with Crippen LogP contribution in [0.1, 0.15) is 25.2 Å². The number of hydrogen-bond acceptors (Lipinski definition) is 7. The quantitative estimate of drug-likeness (QED) is 0.509. The number of benzene rings is 2. The van der Waals surface area contributed by atoms with Crippen molar-refractivity contribution in [3.8, 4) is 5.75 Å². The maximum absolute atomic E-state index is 13.3. The van der Waals surface area contributed by atoms with Gasteiger partial charge >= 0.3 is 0 Å². The van der Waals surface area contributed by atoms with Crippen LogP contribution >= 0.6 is 11.3 Å². The summed E-state index contributed by atoms with van der Waals surface area (Å²) in [5.41, 5.74) is 0.621. The number of anilines is 1. The van der Waals surface area contributed by atoms with Crippen molar-refractivity contribution in [3.05, 3.63) is 69.7 Å². The van der Waals surface area contributed by atoms with Gasteiger partial charge in [-0.1, -0.05) is 11.3 Å². The van der Waals surface area contributed by atoms with Crippen molar-refractivity contribution in [2.75, 3.05) is 32.5 Å². The fraction of sp³-hybridized carbons (Fsp3) is 0.238. The maximum Gasteiger partial charge on any atom is 0.286 e. The Morgan fingerprint density at radius 1 is 1.03 bits per heavy atom. The van der Waals surface area contributed by atoms with Crippen molar-refractivity contribution >= 4 is 28.8 Å². The standard InChI is InChI=1S/C21H21F2N5O3S/c1-28(2)10-9-24-19(29)13-3-6-15(7-4-13)31-12-18-26-27-21(32-18)20(30)25-14-5-8-16(22)17(23)11-14/h3-8,11H,9-10,12H2,1-2H3,(H,24,29)(H,25,30). The van der Waals surface area contributed by atoms with Gasteiger partial charge in [-0.25, -0.2) is 8.78 Å². The minimum absolute atomic E-state index is 0.0538. The van der Waals surface area contributed by atoms with Gasteiger partial charge in [-0.2, -0.15) is 0 Å². The predicted molar refractivity (Wildman–Crippen MR) is 116 cm³/mol. The van der Waals surface area contributed by atoms with Gasteiger partial charge in [0.1, 0.15) is 12.4 Å². The highest BCUT2D eigenvalue weighted by Gasteiger charge is 2.15. The highest BCUT2D eigenvalue weighted by Crippen LogP contribution is 2.18. The number of ether oxygens (including phenoxy) is 1.